The highest BCUT2D eigenvalue weighted by atomic mass is 16.4. The van der Waals surface area contributed by atoms with E-state index in [4.69, 9.17) is 5.11 Å². The summed E-state index contributed by atoms with van der Waals surface area (Å²) >= 11 is 0. The Morgan fingerprint density at radius 1 is 1.42 bits per heavy atom. The first kappa shape index (κ1) is 11.5. The Bertz CT molecular complexity index is 159. The van der Waals surface area contributed by atoms with E-state index in [0.717, 1.165) is 6.42 Å². The Kier molecular flexibility index (Phi) is 3.75. The second-order valence-corrected chi connectivity index (χ2v) is 4.40. The molecule has 1 N–H and O–H groups in total. The monoisotopic (exact) mass is 172 g/mol. The molecule has 2 nitrogen and oxygen atoms in total. The summed E-state index contributed by atoms with van der Waals surface area (Å²) in [7, 11) is 0. The Morgan fingerprint density at radius 3 is 1.92 bits per heavy atom. The average molecular weight is 172 g/mol. The van der Waals surface area contributed by atoms with E-state index in [1.807, 2.05) is 34.6 Å². The predicted octanol–water partition coefficient (Wildman–Crippen LogP) is 2.78. The van der Waals surface area contributed by atoms with Gasteiger partial charge >= 0.3 is 5.97 Å². The zero-order chi connectivity index (χ0) is 9.94. The van der Waals surface area contributed by atoms with Crippen molar-refractivity contribution in [2.45, 2.75) is 41.0 Å². The molecule has 0 aromatic carbocycles. The molecule has 0 spiro atoms. The van der Waals surface area contributed by atoms with Gasteiger partial charge in [-0.3, -0.25) is 4.79 Å². The van der Waals surface area contributed by atoms with E-state index in [2.05, 4.69) is 0 Å². The average Bonchev–Trinajstić information content (AvgIpc) is 1.84. The molecule has 0 saturated heterocycles. The van der Waals surface area contributed by atoms with Crippen LogP contribution in [-0.4, -0.2) is 11.1 Å². The van der Waals surface area contributed by atoms with Crippen molar-refractivity contribution in [2.24, 2.45) is 17.3 Å². The van der Waals surface area contributed by atoms with Crippen LogP contribution in [0, 0.1) is 17.3 Å². The van der Waals surface area contributed by atoms with Crippen molar-refractivity contribution < 1.29 is 9.90 Å². The van der Waals surface area contributed by atoms with Crippen LogP contribution in [0.4, 0.5) is 0 Å². The highest BCUT2D eigenvalue weighted by Crippen LogP contribution is 2.35. The highest BCUT2D eigenvalue weighted by molar-refractivity contribution is 5.71. The fourth-order valence-electron chi connectivity index (χ4n) is 1.74. The normalized spacial score (nSPS) is 14.8. The third-order valence-corrected chi connectivity index (χ3v) is 2.69. The van der Waals surface area contributed by atoms with Crippen molar-refractivity contribution in [3.63, 3.8) is 0 Å². The lowest BCUT2D eigenvalue weighted by Crippen LogP contribution is -2.34. The van der Waals surface area contributed by atoms with Gasteiger partial charge in [-0.2, -0.15) is 0 Å². The molecule has 0 aromatic heterocycles. The van der Waals surface area contributed by atoms with Crippen molar-refractivity contribution in [3.05, 3.63) is 0 Å². The third-order valence-electron chi connectivity index (χ3n) is 2.69. The molecule has 0 amide bonds. The fourth-order valence-corrected chi connectivity index (χ4v) is 1.74. The van der Waals surface area contributed by atoms with Crippen LogP contribution in [0.2, 0.25) is 0 Å². The number of hydrogen-bond acceptors (Lipinski definition) is 1. The van der Waals surface area contributed by atoms with E-state index in [1.165, 1.54) is 0 Å². The van der Waals surface area contributed by atoms with E-state index < -0.39 is 5.97 Å². The number of carbonyl (C=O) groups is 1. The van der Waals surface area contributed by atoms with Crippen LogP contribution in [-0.2, 0) is 4.79 Å². The summed E-state index contributed by atoms with van der Waals surface area (Å²) in [4.78, 5) is 10.9. The van der Waals surface area contributed by atoms with Crippen molar-refractivity contribution in [1.29, 1.82) is 0 Å². The van der Waals surface area contributed by atoms with Crippen molar-refractivity contribution in [1.82, 2.24) is 0 Å². The summed E-state index contributed by atoms with van der Waals surface area (Å²) in [6.45, 7) is 10.0. The van der Waals surface area contributed by atoms with E-state index in [-0.39, 0.29) is 17.3 Å². The van der Waals surface area contributed by atoms with E-state index in [9.17, 15) is 4.79 Å². The van der Waals surface area contributed by atoms with Crippen molar-refractivity contribution >= 4 is 5.97 Å². The van der Waals surface area contributed by atoms with Gasteiger partial charge in [0.25, 0.3) is 0 Å². The van der Waals surface area contributed by atoms with Crippen molar-refractivity contribution in [3.8, 4) is 0 Å². The number of rotatable bonds is 4. The topological polar surface area (TPSA) is 37.3 Å². The lowest BCUT2D eigenvalue weighted by atomic mass is 9.71. The van der Waals surface area contributed by atoms with Crippen LogP contribution in [0.15, 0.2) is 0 Å². The number of carboxylic acids is 1. The second-order valence-electron chi connectivity index (χ2n) is 4.40. The molecule has 0 radical (unpaired) electrons. The molecule has 2 heteroatoms. The molecule has 0 fully saturated rings. The quantitative estimate of drug-likeness (QED) is 0.708. The van der Waals surface area contributed by atoms with Crippen LogP contribution < -0.4 is 0 Å². The summed E-state index contributed by atoms with van der Waals surface area (Å²) in [5.74, 6) is -0.697. The lowest BCUT2D eigenvalue weighted by molar-refractivity contribution is -0.148. The summed E-state index contributed by atoms with van der Waals surface area (Å²) in [5.41, 5.74) is -0.0972. The van der Waals surface area contributed by atoms with Crippen LogP contribution in [0.25, 0.3) is 0 Å². The van der Waals surface area contributed by atoms with E-state index in [0.29, 0.717) is 0 Å². The SMILES string of the molecule is CCC(C)(C)C(C(=O)O)C(C)C. The Labute approximate surface area is 75.0 Å². The van der Waals surface area contributed by atoms with Crippen LogP contribution in [0.3, 0.4) is 0 Å². The Morgan fingerprint density at radius 2 is 1.83 bits per heavy atom. The molecule has 0 aliphatic carbocycles. The largest absolute Gasteiger partial charge is 0.481 e. The predicted molar refractivity (Wildman–Crippen MR) is 50.0 cm³/mol. The van der Waals surface area contributed by atoms with Crippen LogP contribution >= 0.6 is 0 Å². The van der Waals surface area contributed by atoms with E-state index in [1.54, 1.807) is 0 Å². The molecule has 0 bridgehead atoms. The third kappa shape index (κ3) is 2.50. The molecule has 1 unspecified atom stereocenters. The maximum Gasteiger partial charge on any atom is 0.307 e. The minimum Gasteiger partial charge on any atom is -0.481 e. The molecule has 12 heavy (non-hydrogen) atoms. The molecule has 0 aromatic rings. The molecule has 72 valence electrons. The first-order valence-corrected chi connectivity index (χ1v) is 4.55. The highest BCUT2D eigenvalue weighted by Gasteiger charge is 2.35. The zero-order valence-corrected chi connectivity index (χ0v) is 8.72. The van der Waals surface area contributed by atoms with Gasteiger partial charge in [-0.1, -0.05) is 41.0 Å². The first-order chi connectivity index (χ1) is 5.33. The van der Waals surface area contributed by atoms with Gasteiger partial charge in [0.2, 0.25) is 0 Å². The van der Waals surface area contributed by atoms with Crippen LogP contribution in [0.1, 0.15) is 41.0 Å². The van der Waals surface area contributed by atoms with Gasteiger partial charge in [0.1, 0.15) is 0 Å². The van der Waals surface area contributed by atoms with Gasteiger partial charge < -0.3 is 5.11 Å². The maximum atomic E-state index is 10.9. The Balaban J connectivity index is 4.62. The molecule has 0 rings (SSSR count). The van der Waals surface area contributed by atoms with Gasteiger partial charge in [0.05, 0.1) is 5.92 Å². The smallest absolute Gasteiger partial charge is 0.307 e. The van der Waals surface area contributed by atoms with E-state index >= 15 is 0 Å². The first-order valence-electron chi connectivity index (χ1n) is 4.55. The minimum absolute atomic E-state index is 0.0972. The number of hydrogen-bond donors (Lipinski definition) is 1. The minimum atomic E-state index is -0.670. The van der Waals surface area contributed by atoms with Gasteiger partial charge in [-0.25, -0.2) is 0 Å². The van der Waals surface area contributed by atoms with Crippen LogP contribution in [0.5, 0.6) is 0 Å². The molecular formula is C10H20O2. The summed E-state index contributed by atoms with van der Waals surface area (Å²) in [5, 5.41) is 9.01. The summed E-state index contributed by atoms with van der Waals surface area (Å²) < 4.78 is 0. The lowest BCUT2D eigenvalue weighted by Gasteiger charge is -2.32. The molecule has 1 atom stereocenters. The van der Waals surface area contributed by atoms with Gasteiger partial charge in [-0.15, -0.1) is 0 Å². The second kappa shape index (κ2) is 3.92. The van der Waals surface area contributed by atoms with Gasteiger partial charge in [0.15, 0.2) is 0 Å². The summed E-state index contributed by atoms with van der Waals surface area (Å²) in [6.07, 6.45) is 0.905. The Hall–Kier alpha value is -0.530. The number of aliphatic carboxylic acids is 1. The zero-order valence-electron chi connectivity index (χ0n) is 8.72. The molecule has 0 aliphatic rings. The maximum absolute atomic E-state index is 10.9. The number of carboxylic acid groups (broad SMARTS) is 1. The molecule has 0 heterocycles. The fraction of sp³-hybridized carbons (Fsp3) is 0.900. The molecular weight excluding hydrogens is 152 g/mol. The molecule has 0 aliphatic heterocycles. The van der Waals surface area contributed by atoms with Gasteiger partial charge in [-0.05, 0) is 11.3 Å². The summed E-state index contributed by atoms with van der Waals surface area (Å²) in [6, 6.07) is 0. The van der Waals surface area contributed by atoms with Gasteiger partial charge in [0, 0.05) is 0 Å². The van der Waals surface area contributed by atoms with Crippen molar-refractivity contribution in [2.75, 3.05) is 0 Å². The standard InChI is InChI=1S/C10H20O2/c1-6-10(4,5)8(7(2)3)9(11)12/h7-8H,6H2,1-5H3,(H,11,12). The molecule has 0 saturated carbocycles.